The molecule has 0 radical (unpaired) electrons. The van der Waals surface area contributed by atoms with Crippen LogP contribution in [0, 0.1) is 19.8 Å². The molecule has 11 heteroatoms. The molecule has 1 aliphatic heterocycles. The molecule has 40 heavy (non-hydrogen) atoms. The van der Waals surface area contributed by atoms with Crippen LogP contribution < -0.4 is 10.1 Å². The van der Waals surface area contributed by atoms with Crippen LogP contribution >= 0.6 is 0 Å². The Hall–Kier alpha value is -4.09. The monoisotopic (exact) mass is 546 g/mol. The van der Waals surface area contributed by atoms with Crippen LogP contribution in [0.2, 0.25) is 0 Å². The summed E-state index contributed by atoms with van der Waals surface area (Å²) >= 11 is 0. The second-order valence-corrected chi connectivity index (χ2v) is 10.3. The number of nitrogens with one attached hydrogen (secondary N) is 2. The molecule has 2 N–H and O–H groups in total. The van der Waals surface area contributed by atoms with E-state index >= 15 is 0 Å². The van der Waals surface area contributed by atoms with E-state index in [0.29, 0.717) is 55.6 Å². The number of carbonyl (C=O) groups is 2. The lowest BCUT2D eigenvalue weighted by Gasteiger charge is -2.35. The Morgan fingerprint density at radius 2 is 2.05 bits per heavy atom. The number of carbonyl (C=O) groups excluding carboxylic acids is 2. The van der Waals surface area contributed by atoms with E-state index < -0.39 is 6.04 Å². The molecule has 210 valence electrons. The van der Waals surface area contributed by atoms with Crippen LogP contribution in [0.25, 0.3) is 22.2 Å². The van der Waals surface area contributed by atoms with Gasteiger partial charge in [0.2, 0.25) is 5.91 Å². The number of Topliss-reactive ketones (excluding diaryl/α,β-unsaturated/α-hetero) is 1. The Kier molecular flexibility index (Phi) is 8.22. The number of nitrogens with zero attached hydrogens (tertiary/aromatic N) is 4. The molecule has 0 saturated carbocycles. The number of hydrogen-bond donors (Lipinski definition) is 2. The lowest BCUT2D eigenvalue weighted by atomic mass is 10.00. The Balaban J connectivity index is 1.28. The zero-order valence-corrected chi connectivity index (χ0v) is 23.2. The highest BCUT2D eigenvalue weighted by atomic mass is 16.5. The van der Waals surface area contributed by atoms with Crippen molar-refractivity contribution in [2.45, 2.75) is 32.7 Å². The van der Waals surface area contributed by atoms with E-state index in [-0.39, 0.29) is 24.2 Å². The summed E-state index contributed by atoms with van der Waals surface area (Å²) < 4.78 is 16.6. The zero-order chi connectivity index (χ0) is 28.2. The highest BCUT2D eigenvalue weighted by molar-refractivity contribution is 5.94. The van der Waals surface area contributed by atoms with Gasteiger partial charge in [-0.05, 0) is 39.4 Å². The number of methoxy groups -OCH3 is 1. The van der Waals surface area contributed by atoms with Crippen molar-refractivity contribution in [3.8, 4) is 17.0 Å². The fourth-order valence-electron chi connectivity index (χ4n) is 4.79. The summed E-state index contributed by atoms with van der Waals surface area (Å²) in [6.45, 7) is 5.68. The number of aromatic amines is 1. The van der Waals surface area contributed by atoms with Gasteiger partial charge >= 0.3 is 0 Å². The van der Waals surface area contributed by atoms with Gasteiger partial charge in [-0.2, -0.15) is 0 Å². The first-order valence-corrected chi connectivity index (χ1v) is 13.3. The number of rotatable bonds is 12. The third kappa shape index (κ3) is 6.21. The molecule has 4 aromatic rings. The molecule has 11 nitrogen and oxygen atoms in total. The molecule has 0 bridgehead atoms. The zero-order valence-electron chi connectivity index (χ0n) is 23.2. The second-order valence-electron chi connectivity index (χ2n) is 10.3. The molecule has 3 aromatic heterocycles. The van der Waals surface area contributed by atoms with Crippen molar-refractivity contribution in [2.75, 3.05) is 40.5 Å². The van der Waals surface area contributed by atoms with Crippen LogP contribution in [0.1, 0.15) is 46.7 Å². The molecule has 0 aliphatic carbocycles. The number of benzene rings is 1. The number of imidazole rings is 1. The third-order valence-corrected chi connectivity index (χ3v) is 7.01. The molecule has 1 aliphatic rings. The van der Waals surface area contributed by atoms with Crippen molar-refractivity contribution in [3.05, 3.63) is 59.5 Å². The van der Waals surface area contributed by atoms with Crippen molar-refractivity contribution < 1.29 is 23.6 Å². The summed E-state index contributed by atoms with van der Waals surface area (Å²) in [4.78, 5) is 39.9. The number of amides is 1. The van der Waals surface area contributed by atoms with Gasteiger partial charge in [-0.3, -0.25) is 14.6 Å². The lowest BCUT2D eigenvalue weighted by Crippen LogP contribution is -2.52. The van der Waals surface area contributed by atoms with E-state index in [0.717, 1.165) is 27.9 Å². The van der Waals surface area contributed by atoms with Crippen molar-refractivity contribution in [1.29, 1.82) is 0 Å². The molecule has 5 rings (SSSR count). The van der Waals surface area contributed by atoms with Crippen LogP contribution in [0.15, 0.2) is 41.1 Å². The predicted molar refractivity (Wildman–Crippen MR) is 148 cm³/mol. The average Bonchev–Trinajstić information content (AvgIpc) is 3.59. The van der Waals surface area contributed by atoms with Gasteiger partial charge in [0, 0.05) is 54.9 Å². The highest BCUT2D eigenvalue weighted by Crippen LogP contribution is 2.33. The number of likely N-dealkylation sites (tertiary alicyclic amines) is 1. The molecule has 0 spiro atoms. The first-order chi connectivity index (χ1) is 19.3. The Labute approximate surface area is 232 Å². The van der Waals surface area contributed by atoms with Gasteiger partial charge < -0.3 is 29.2 Å². The van der Waals surface area contributed by atoms with E-state index in [1.807, 2.05) is 38.2 Å². The minimum atomic E-state index is -0.489. The number of hydrogen-bond acceptors (Lipinski definition) is 9. The minimum absolute atomic E-state index is 0.0361. The Morgan fingerprint density at radius 1 is 1.23 bits per heavy atom. The Morgan fingerprint density at radius 3 is 2.77 bits per heavy atom. The largest absolute Gasteiger partial charge is 0.496 e. The summed E-state index contributed by atoms with van der Waals surface area (Å²) in [5.74, 6) is 1.65. The van der Waals surface area contributed by atoms with Crippen molar-refractivity contribution >= 4 is 22.6 Å². The molecule has 4 heterocycles. The SMILES string of the molecule is COc1cc2nc(C)ccc2cc1-c1cnc([C@H](COCCCC(=O)c2cc(C)on2)NC(=O)C2CN(C)C2)[nH]1. The highest BCUT2D eigenvalue weighted by Gasteiger charge is 2.32. The molecule has 1 fully saturated rings. The van der Waals surface area contributed by atoms with Crippen molar-refractivity contribution in [3.63, 3.8) is 0 Å². The van der Waals surface area contributed by atoms with E-state index in [1.165, 1.54) is 0 Å². The van der Waals surface area contributed by atoms with Crippen molar-refractivity contribution in [2.24, 2.45) is 5.92 Å². The first-order valence-electron chi connectivity index (χ1n) is 13.3. The average molecular weight is 547 g/mol. The molecule has 0 unspecified atom stereocenters. The maximum atomic E-state index is 12.9. The molecule has 1 aromatic carbocycles. The minimum Gasteiger partial charge on any atom is -0.496 e. The molecule has 1 atom stereocenters. The van der Waals surface area contributed by atoms with Gasteiger partial charge in [0.05, 0.1) is 37.0 Å². The number of aromatic nitrogens is 4. The molecule has 1 saturated heterocycles. The number of aryl methyl sites for hydroxylation is 2. The Bertz CT molecular complexity index is 1510. The topological polar surface area (TPSA) is 135 Å². The van der Waals surface area contributed by atoms with Gasteiger partial charge in [-0.1, -0.05) is 11.2 Å². The molecular formula is C29H34N6O5. The number of fused-ring (bicyclic) bond motifs is 1. The summed E-state index contributed by atoms with van der Waals surface area (Å²) in [5.41, 5.74) is 3.70. The van der Waals surface area contributed by atoms with Crippen LogP contribution in [0.5, 0.6) is 5.75 Å². The predicted octanol–water partition coefficient (Wildman–Crippen LogP) is 3.64. The molecular weight excluding hydrogens is 512 g/mol. The van der Waals surface area contributed by atoms with E-state index in [2.05, 4.69) is 30.3 Å². The standard InChI is InChI=1S/C29H34N6O5/c1-17-7-8-19-11-21(27(38-4)12-22(19)31-17)24-13-30-28(32-24)25(33-29(37)20-14-35(3)15-20)16-39-9-5-6-26(36)23-10-18(2)40-34-23/h7-8,10-13,20,25H,5-6,9,14-16H2,1-4H3,(H,30,32)(H,33,37)/t25-/m0/s1. The summed E-state index contributed by atoms with van der Waals surface area (Å²) in [6, 6.07) is 9.06. The van der Waals surface area contributed by atoms with Crippen LogP contribution in [0.4, 0.5) is 0 Å². The van der Waals surface area contributed by atoms with Crippen molar-refractivity contribution in [1.82, 2.24) is 30.3 Å². The van der Waals surface area contributed by atoms with Gasteiger partial charge in [0.1, 0.15) is 29.1 Å². The van der Waals surface area contributed by atoms with Crippen LogP contribution in [0.3, 0.4) is 0 Å². The number of ketones is 1. The van der Waals surface area contributed by atoms with E-state index in [9.17, 15) is 9.59 Å². The van der Waals surface area contributed by atoms with Crippen LogP contribution in [-0.2, 0) is 9.53 Å². The normalized spacial score (nSPS) is 14.7. The lowest BCUT2D eigenvalue weighted by molar-refractivity contribution is -0.130. The fourth-order valence-corrected chi connectivity index (χ4v) is 4.79. The van der Waals surface area contributed by atoms with Gasteiger partial charge in [0.25, 0.3) is 0 Å². The summed E-state index contributed by atoms with van der Waals surface area (Å²) in [6.07, 6.45) is 2.54. The smallest absolute Gasteiger partial charge is 0.226 e. The van der Waals surface area contributed by atoms with Gasteiger partial charge in [0.15, 0.2) is 5.78 Å². The van der Waals surface area contributed by atoms with E-state index in [4.69, 9.17) is 14.0 Å². The summed E-state index contributed by atoms with van der Waals surface area (Å²) in [5, 5.41) is 7.85. The third-order valence-electron chi connectivity index (χ3n) is 7.01. The quantitative estimate of drug-likeness (QED) is 0.202. The summed E-state index contributed by atoms with van der Waals surface area (Å²) in [7, 11) is 3.61. The maximum Gasteiger partial charge on any atom is 0.226 e. The fraction of sp³-hybridized carbons (Fsp3) is 0.414. The number of ether oxygens (including phenoxy) is 2. The van der Waals surface area contributed by atoms with Gasteiger partial charge in [-0.25, -0.2) is 4.98 Å². The molecule has 1 amide bonds. The van der Waals surface area contributed by atoms with Gasteiger partial charge in [-0.15, -0.1) is 0 Å². The maximum absolute atomic E-state index is 12.9. The number of H-pyrrole nitrogens is 1. The van der Waals surface area contributed by atoms with E-state index in [1.54, 1.807) is 26.3 Å². The first kappa shape index (κ1) is 27.5. The number of pyridine rings is 1. The van der Waals surface area contributed by atoms with Crippen LogP contribution in [-0.4, -0.2) is 77.2 Å². The second kappa shape index (κ2) is 12.0.